The molecule has 0 saturated carbocycles. The predicted octanol–water partition coefficient (Wildman–Crippen LogP) is 0.622. The summed E-state index contributed by atoms with van der Waals surface area (Å²) in [5, 5.41) is 0. The highest BCUT2D eigenvalue weighted by atomic mass is 16.2. The molecule has 2 amide bonds. The fourth-order valence-corrected chi connectivity index (χ4v) is 1.54. The molecule has 0 fully saturated rings. The van der Waals surface area contributed by atoms with Gasteiger partial charge in [-0.05, 0) is 24.5 Å². The summed E-state index contributed by atoms with van der Waals surface area (Å²) < 4.78 is 0. The van der Waals surface area contributed by atoms with Crippen LogP contribution in [-0.2, 0) is 6.42 Å². The fourth-order valence-electron chi connectivity index (χ4n) is 1.54. The minimum Gasteiger partial charge on any atom is -0.366 e. The Balaban J connectivity index is 3.21. The van der Waals surface area contributed by atoms with Crippen molar-refractivity contribution in [1.82, 2.24) is 4.98 Å². The molecule has 16 heavy (non-hydrogen) atoms. The number of hydrogen-bond donors (Lipinski definition) is 2. The molecule has 0 radical (unpaired) electrons. The number of hydrogen-bond acceptors (Lipinski definition) is 3. The quantitative estimate of drug-likeness (QED) is 0.762. The van der Waals surface area contributed by atoms with Crippen molar-refractivity contribution in [2.24, 2.45) is 11.5 Å². The van der Waals surface area contributed by atoms with E-state index < -0.39 is 11.8 Å². The maximum absolute atomic E-state index is 11.3. The van der Waals surface area contributed by atoms with E-state index in [0.29, 0.717) is 6.42 Å². The standard InChI is InChI=1S/C11H15N3O2/c1-2-3-4-7-5-6-14-9(11(13)16)8(7)10(12)15/h5-6H,2-4H2,1H3,(H2,12,15)(H2,13,16). The lowest BCUT2D eigenvalue weighted by Gasteiger charge is -2.08. The first kappa shape index (κ1) is 12.2. The van der Waals surface area contributed by atoms with Crippen molar-refractivity contribution >= 4 is 11.8 Å². The van der Waals surface area contributed by atoms with Crippen LogP contribution < -0.4 is 11.5 Å². The molecule has 0 bridgehead atoms. The van der Waals surface area contributed by atoms with Crippen LogP contribution in [0.1, 0.15) is 46.2 Å². The molecule has 5 heteroatoms. The molecule has 0 aliphatic heterocycles. The molecule has 5 nitrogen and oxygen atoms in total. The van der Waals surface area contributed by atoms with E-state index >= 15 is 0 Å². The first-order chi connectivity index (χ1) is 7.57. The number of unbranched alkanes of at least 4 members (excludes halogenated alkanes) is 1. The van der Waals surface area contributed by atoms with Crippen molar-refractivity contribution in [2.75, 3.05) is 0 Å². The van der Waals surface area contributed by atoms with Gasteiger partial charge in [0.25, 0.3) is 11.8 Å². The number of amides is 2. The second-order valence-corrected chi connectivity index (χ2v) is 3.53. The van der Waals surface area contributed by atoms with E-state index in [1.165, 1.54) is 6.20 Å². The number of pyridine rings is 1. The van der Waals surface area contributed by atoms with E-state index in [1.54, 1.807) is 6.07 Å². The summed E-state index contributed by atoms with van der Waals surface area (Å²) in [6.07, 6.45) is 4.07. The van der Waals surface area contributed by atoms with E-state index in [1.807, 2.05) is 6.92 Å². The summed E-state index contributed by atoms with van der Waals surface area (Å²) in [5.41, 5.74) is 11.2. The van der Waals surface area contributed by atoms with Gasteiger partial charge in [0.05, 0.1) is 5.56 Å². The largest absolute Gasteiger partial charge is 0.366 e. The molecule has 86 valence electrons. The average Bonchev–Trinajstić information content (AvgIpc) is 2.25. The number of aryl methyl sites for hydroxylation is 1. The van der Waals surface area contributed by atoms with Gasteiger partial charge in [-0.3, -0.25) is 14.6 Å². The van der Waals surface area contributed by atoms with Crippen molar-refractivity contribution in [3.8, 4) is 0 Å². The number of carbonyl (C=O) groups is 2. The molecule has 0 saturated heterocycles. The molecule has 0 aromatic carbocycles. The van der Waals surface area contributed by atoms with E-state index in [4.69, 9.17) is 11.5 Å². The first-order valence-electron chi connectivity index (χ1n) is 5.15. The number of carbonyl (C=O) groups excluding carboxylic acids is 2. The lowest BCUT2D eigenvalue weighted by molar-refractivity contribution is 0.0962. The molecule has 1 heterocycles. The third-order valence-electron chi connectivity index (χ3n) is 2.32. The topological polar surface area (TPSA) is 99.1 Å². The Morgan fingerprint density at radius 1 is 1.31 bits per heavy atom. The van der Waals surface area contributed by atoms with Gasteiger partial charge < -0.3 is 11.5 Å². The van der Waals surface area contributed by atoms with Crippen LogP contribution in [0.2, 0.25) is 0 Å². The zero-order valence-electron chi connectivity index (χ0n) is 9.19. The minimum atomic E-state index is -0.729. The van der Waals surface area contributed by atoms with Crippen LogP contribution in [0.3, 0.4) is 0 Å². The van der Waals surface area contributed by atoms with Gasteiger partial charge in [-0.25, -0.2) is 0 Å². The van der Waals surface area contributed by atoms with Crippen LogP contribution in [0.15, 0.2) is 12.3 Å². The van der Waals surface area contributed by atoms with Crippen LogP contribution in [0.25, 0.3) is 0 Å². The Morgan fingerprint density at radius 2 is 2.00 bits per heavy atom. The van der Waals surface area contributed by atoms with Crippen LogP contribution in [0, 0.1) is 0 Å². The molecule has 0 atom stereocenters. The van der Waals surface area contributed by atoms with Crippen molar-refractivity contribution in [2.45, 2.75) is 26.2 Å². The Labute approximate surface area is 93.8 Å². The molecule has 0 aliphatic carbocycles. The summed E-state index contributed by atoms with van der Waals surface area (Å²) in [6.45, 7) is 2.04. The molecule has 0 spiro atoms. The van der Waals surface area contributed by atoms with Crippen LogP contribution in [0.4, 0.5) is 0 Å². The summed E-state index contributed by atoms with van der Waals surface area (Å²) in [5.74, 6) is -1.39. The number of nitrogens with two attached hydrogens (primary N) is 2. The van der Waals surface area contributed by atoms with Gasteiger partial charge in [-0.2, -0.15) is 0 Å². The Kier molecular flexibility index (Phi) is 3.99. The smallest absolute Gasteiger partial charge is 0.268 e. The fraction of sp³-hybridized carbons (Fsp3) is 0.364. The van der Waals surface area contributed by atoms with Crippen molar-refractivity contribution < 1.29 is 9.59 Å². The van der Waals surface area contributed by atoms with Gasteiger partial charge in [0, 0.05) is 6.20 Å². The summed E-state index contributed by atoms with van der Waals surface area (Å²) in [6, 6.07) is 1.70. The number of aromatic nitrogens is 1. The van der Waals surface area contributed by atoms with E-state index in [9.17, 15) is 9.59 Å². The second-order valence-electron chi connectivity index (χ2n) is 3.53. The zero-order valence-corrected chi connectivity index (χ0v) is 9.19. The van der Waals surface area contributed by atoms with Gasteiger partial charge in [0.2, 0.25) is 0 Å². The Bertz CT molecular complexity index is 416. The molecule has 4 N–H and O–H groups in total. The van der Waals surface area contributed by atoms with Crippen molar-refractivity contribution in [3.63, 3.8) is 0 Å². The number of nitrogens with zero attached hydrogens (tertiary/aromatic N) is 1. The molecule has 1 aromatic heterocycles. The lowest BCUT2D eigenvalue weighted by Crippen LogP contribution is -2.23. The van der Waals surface area contributed by atoms with Crippen LogP contribution >= 0.6 is 0 Å². The molecule has 0 aliphatic rings. The normalized spacial score (nSPS) is 10.1. The Hall–Kier alpha value is -1.91. The highest BCUT2D eigenvalue weighted by Gasteiger charge is 2.18. The summed E-state index contributed by atoms with van der Waals surface area (Å²) >= 11 is 0. The third-order valence-corrected chi connectivity index (χ3v) is 2.32. The van der Waals surface area contributed by atoms with E-state index in [0.717, 1.165) is 18.4 Å². The van der Waals surface area contributed by atoms with Gasteiger partial charge >= 0.3 is 0 Å². The van der Waals surface area contributed by atoms with Crippen LogP contribution in [-0.4, -0.2) is 16.8 Å². The van der Waals surface area contributed by atoms with Gasteiger partial charge in [0.1, 0.15) is 5.69 Å². The summed E-state index contributed by atoms with van der Waals surface area (Å²) in [4.78, 5) is 26.2. The molecular formula is C11H15N3O2. The highest BCUT2D eigenvalue weighted by Crippen LogP contribution is 2.14. The average molecular weight is 221 g/mol. The van der Waals surface area contributed by atoms with Gasteiger partial charge in [-0.1, -0.05) is 13.3 Å². The lowest BCUT2D eigenvalue weighted by atomic mass is 10.0. The Morgan fingerprint density at radius 3 is 2.50 bits per heavy atom. The first-order valence-corrected chi connectivity index (χ1v) is 5.15. The SMILES string of the molecule is CCCCc1ccnc(C(N)=O)c1C(N)=O. The molecular weight excluding hydrogens is 206 g/mol. The van der Waals surface area contributed by atoms with Crippen molar-refractivity contribution in [1.29, 1.82) is 0 Å². The highest BCUT2D eigenvalue weighted by molar-refractivity contribution is 6.05. The zero-order chi connectivity index (χ0) is 12.1. The van der Waals surface area contributed by atoms with Crippen molar-refractivity contribution in [3.05, 3.63) is 29.1 Å². The molecule has 1 rings (SSSR count). The molecule has 1 aromatic rings. The second kappa shape index (κ2) is 5.25. The van der Waals surface area contributed by atoms with E-state index in [-0.39, 0.29) is 11.3 Å². The van der Waals surface area contributed by atoms with E-state index in [2.05, 4.69) is 4.98 Å². The van der Waals surface area contributed by atoms with Gasteiger partial charge in [0.15, 0.2) is 0 Å². The monoisotopic (exact) mass is 221 g/mol. The molecule has 0 unspecified atom stereocenters. The van der Waals surface area contributed by atoms with Gasteiger partial charge in [-0.15, -0.1) is 0 Å². The summed E-state index contributed by atoms with van der Waals surface area (Å²) in [7, 11) is 0. The predicted molar refractivity (Wildman–Crippen MR) is 59.9 cm³/mol. The maximum atomic E-state index is 11.3. The third kappa shape index (κ3) is 2.56. The number of rotatable bonds is 5. The number of primary amides is 2. The maximum Gasteiger partial charge on any atom is 0.268 e. The minimum absolute atomic E-state index is 0.0406. The van der Waals surface area contributed by atoms with Crippen LogP contribution in [0.5, 0.6) is 0 Å².